The van der Waals surface area contributed by atoms with E-state index in [4.69, 9.17) is 0 Å². The fourth-order valence-corrected chi connectivity index (χ4v) is 2.46. The minimum absolute atomic E-state index is 0.0327. The molecule has 6 heteroatoms. The van der Waals surface area contributed by atoms with Gasteiger partial charge in [0, 0.05) is 32.8 Å². The SMILES string of the molecule is CC(C)C(=O)N1Cc2ccnn2C(CC(=O)N(C)C)C1. The highest BCUT2D eigenvalue weighted by molar-refractivity contribution is 5.79. The fraction of sp³-hybridized carbons (Fsp3) is 0.643. The summed E-state index contributed by atoms with van der Waals surface area (Å²) in [6.45, 7) is 4.91. The van der Waals surface area contributed by atoms with Gasteiger partial charge in [-0.15, -0.1) is 0 Å². The molecule has 1 aliphatic heterocycles. The first kappa shape index (κ1) is 14.6. The minimum atomic E-state index is -0.0775. The number of amides is 2. The van der Waals surface area contributed by atoms with Crippen LogP contribution in [0.5, 0.6) is 0 Å². The summed E-state index contributed by atoms with van der Waals surface area (Å²) in [5, 5.41) is 4.30. The highest BCUT2D eigenvalue weighted by Crippen LogP contribution is 2.24. The summed E-state index contributed by atoms with van der Waals surface area (Å²) in [5.74, 6) is 0.143. The highest BCUT2D eigenvalue weighted by Gasteiger charge is 2.30. The Kier molecular flexibility index (Phi) is 4.11. The summed E-state index contributed by atoms with van der Waals surface area (Å²) in [4.78, 5) is 27.5. The minimum Gasteiger partial charge on any atom is -0.349 e. The Morgan fingerprint density at radius 2 is 2.15 bits per heavy atom. The Hall–Kier alpha value is -1.85. The molecular weight excluding hydrogens is 256 g/mol. The van der Waals surface area contributed by atoms with Gasteiger partial charge in [0.25, 0.3) is 0 Å². The lowest BCUT2D eigenvalue weighted by Gasteiger charge is -2.35. The molecule has 0 saturated carbocycles. The maximum Gasteiger partial charge on any atom is 0.225 e. The number of hydrogen-bond donors (Lipinski definition) is 0. The summed E-state index contributed by atoms with van der Waals surface area (Å²) in [7, 11) is 3.48. The third-order valence-electron chi connectivity index (χ3n) is 3.60. The first-order valence-electron chi connectivity index (χ1n) is 6.91. The van der Waals surface area contributed by atoms with Gasteiger partial charge in [0.15, 0.2) is 0 Å². The molecule has 0 radical (unpaired) electrons. The molecule has 1 aromatic rings. The van der Waals surface area contributed by atoms with Crippen LogP contribution in [-0.2, 0) is 16.1 Å². The standard InChI is InChI=1S/C14H22N4O2/c1-10(2)14(20)17-8-11-5-6-15-18(11)12(9-17)7-13(19)16(3)4/h5-6,10,12H,7-9H2,1-4H3. The van der Waals surface area contributed by atoms with Crippen LogP contribution >= 0.6 is 0 Å². The molecule has 110 valence electrons. The monoisotopic (exact) mass is 278 g/mol. The molecule has 2 rings (SSSR count). The molecule has 6 nitrogen and oxygen atoms in total. The number of fused-ring (bicyclic) bond motifs is 1. The lowest BCUT2D eigenvalue weighted by Crippen LogP contribution is -2.44. The predicted molar refractivity (Wildman–Crippen MR) is 74.8 cm³/mol. The van der Waals surface area contributed by atoms with Gasteiger partial charge >= 0.3 is 0 Å². The number of rotatable bonds is 3. The van der Waals surface area contributed by atoms with Gasteiger partial charge in [0.05, 0.1) is 24.7 Å². The molecule has 1 aliphatic rings. The average molecular weight is 278 g/mol. The maximum atomic E-state index is 12.2. The molecule has 0 spiro atoms. The summed E-state index contributed by atoms with van der Waals surface area (Å²) in [6, 6.07) is 1.83. The zero-order valence-corrected chi connectivity index (χ0v) is 12.5. The zero-order chi connectivity index (χ0) is 14.9. The van der Waals surface area contributed by atoms with E-state index in [1.807, 2.05) is 29.5 Å². The van der Waals surface area contributed by atoms with Crippen LogP contribution in [0.25, 0.3) is 0 Å². The quantitative estimate of drug-likeness (QED) is 0.825. The maximum absolute atomic E-state index is 12.2. The lowest BCUT2D eigenvalue weighted by molar-refractivity contribution is -0.138. The molecule has 1 aromatic heterocycles. The molecule has 0 aromatic carbocycles. The van der Waals surface area contributed by atoms with Crippen molar-refractivity contribution in [1.29, 1.82) is 0 Å². The van der Waals surface area contributed by atoms with E-state index in [9.17, 15) is 9.59 Å². The number of hydrogen-bond acceptors (Lipinski definition) is 3. The van der Waals surface area contributed by atoms with Crippen LogP contribution in [0.3, 0.4) is 0 Å². The lowest BCUT2D eigenvalue weighted by atomic mass is 10.1. The summed E-state index contributed by atoms with van der Waals surface area (Å²) in [6.07, 6.45) is 2.09. The molecule has 0 fully saturated rings. The second kappa shape index (κ2) is 5.64. The predicted octanol–water partition coefficient (Wildman–Crippen LogP) is 0.901. The van der Waals surface area contributed by atoms with Crippen LogP contribution in [0.15, 0.2) is 12.3 Å². The van der Waals surface area contributed by atoms with Crippen molar-refractivity contribution >= 4 is 11.8 Å². The van der Waals surface area contributed by atoms with Gasteiger partial charge in [0.2, 0.25) is 11.8 Å². The van der Waals surface area contributed by atoms with E-state index < -0.39 is 0 Å². The summed E-state index contributed by atoms with van der Waals surface area (Å²) < 4.78 is 1.88. The molecule has 20 heavy (non-hydrogen) atoms. The highest BCUT2D eigenvalue weighted by atomic mass is 16.2. The van der Waals surface area contributed by atoms with Crippen LogP contribution in [0.1, 0.15) is 32.0 Å². The molecular formula is C14H22N4O2. The third-order valence-corrected chi connectivity index (χ3v) is 3.60. The zero-order valence-electron chi connectivity index (χ0n) is 12.5. The van der Waals surface area contributed by atoms with E-state index in [0.29, 0.717) is 19.5 Å². The Labute approximate surface area is 119 Å². The van der Waals surface area contributed by atoms with Gasteiger partial charge in [-0.05, 0) is 6.07 Å². The van der Waals surface area contributed by atoms with Gasteiger partial charge in [0.1, 0.15) is 0 Å². The number of carbonyl (C=O) groups excluding carboxylic acids is 2. The van der Waals surface area contributed by atoms with Crippen molar-refractivity contribution in [1.82, 2.24) is 19.6 Å². The fourth-order valence-electron chi connectivity index (χ4n) is 2.46. The molecule has 0 N–H and O–H groups in total. The molecule has 2 heterocycles. The topological polar surface area (TPSA) is 58.4 Å². The molecule has 1 unspecified atom stereocenters. The van der Waals surface area contributed by atoms with Gasteiger partial charge in [-0.3, -0.25) is 14.3 Å². The summed E-state index contributed by atoms with van der Waals surface area (Å²) in [5.41, 5.74) is 0.988. The van der Waals surface area contributed by atoms with E-state index in [0.717, 1.165) is 5.69 Å². The van der Waals surface area contributed by atoms with Gasteiger partial charge in [-0.2, -0.15) is 5.10 Å². The molecule has 0 saturated heterocycles. The van der Waals surface area contributed by atoms with Crippen LogP contribution in [0.4, 0.5) is 0 Å². The van der Waals surface area contributed by atoms with Crippen molar-refractivity contribution in [2.75, 3.05) is 20.6 Å². The molecule has 2 amide bonds. The molecule has 0 bridgehead atoms. The Morgan fingerprint density at radius 1 is 1.45 bits per heavy atom. The van der Waals surface area contributed by atoms with Crippen molar-refractivity contribution in [2.24, 2.45) is 5.92 Å². The van der Waals surface area contributed by atoms with Gasteiger partial charge in [-0.1, -0.05) is 13.8 Å². The Bertz CT molecular complexity index is 507. The number of aromatic nitrogens is 2. The largest absolute Gasteiger partial charge is 0.349 e. The van der Waals surface area contributed by atoms with Crippen LogP contribution in [0.2, 0.25) is 0 Å². The van der Waals surface area contributed by atoms with E-state index in [1.54, 1.807) is 25.2 Å². The van der Waals surface area contributed by atoms with E-state index >= 15 is 0 Å². The van der Waals surface area contributed by atoms with E-state index in [2.05, 4.69) is 5.10 Å². The molecule has 1 atom stereocenters. The van der Waals surface area contributed by atoms with Crippen molar-refractivity contribution in [2.45, 2.75) is 32.9 Å². The van der Waals surface area contributed by atoms with Crippen LogP contribution in [0, 0.1) is 5.92 Å². The smallest absolute Gasteiger partial charge is 0.225 e. The van der Waals surface area contributed by atoms with Crippen molar-refractivity contribution in [3.8, 4) is 0 Å². The van der Waals surface area contributed by atoms with Crippen molar-refractivity contribution < 1.29 is 9.59 Å². The van der Waals surface area contributed by atoms with Crippen LogP contribution < -0.4 is 0 Å². The summed E-state index contributed by atoms with van der Waals surface area (Å²) >= 11 is 0. The van der Waals surface area contributed by atoms with Gasteiger partial charge < -0.3 is 9.80 Å². The van der Waals surface area contributed by atoms with Crippen molar-refractivity contribution in [3.63, 3.8) is 0 Å². The third kappa shape index (κ3) is 2.84. The second-order valence-electron chi connectivity index (χ2n) is 5.79. The van der Waals surface area contributed by atoms with E-state index in [1.165, 1.54) is 0 Å². The normalized spacial score (nSPS) is 18.1. The average Bonchev–Trinajstić information content (AvgIpc) is 2.85. The van der Waals surface area contributed by atoms with Crippen molar-refractivity contribution in [3.05, 3.63) is 18.0 Å². The van der Waals surface area contributed by atoms with Crippen LogP contribution in [-0.4, -0.2) is 52.0 Å². The number of nitrogens with zero attached hydrogens (tertiary/aromatic N) is 4. The Morgan fingerprint density at radius 3 is 2.75 bits per heavy atom. The first-order valence-corrected chi connectivity index (χ1v) is 6.91. The Balaban J connectivity index is 2.19. The second-order valence-corrected chi connectivity index (χ2v) is 5.79. The molecule has 0 aliphatic carbocycles. The number of carbonyl (C=O) groups is 2. The van der Waals surface area contributed by atoms with Gasteiger partial charge in [-0.25, -0.2) is 0 Å². The van der Waals surface area contributed by atoms with E-state index in [-0.39, 0.29) is 23.8 Å². The first-order chi connectivity index (χ1) is 9.40.